The molecule has 3 aliphatic rings. The van der Waals surface area contributed by atoms with Crippen molar-refractivity contribution in [3.8, 4) is 5.75 Å². The van der Waals surface area contributed by atoms with Gasteiger partial charge in [-0.3, -0.25) is 14.3 Å². The van der Waals surface area contributed by atoms with Gasteiger partial charge >= 0.3 is 17.9 Å². The zero-order valence-electron chi connectivity index (χ0n) is 23.6. The summed E-state index contributed by atoms with van der Waals surface area (Å²) in [6, 6.07) is 5.73. The first-order valence-corrected chi connectivity index (χ1v) is 13.5. The van der Waals surface area contributed by atoms with Crippen molar-refractivity contribution >= 4 is 17.9 Å². The lowest BCUT2D eigenvalue weighted by molar-refractivity contribution is -0.253. The molecule has 9 nitrogen and oxygen atoms in total. The van der Waals surface area contributed by atoms with Gasteiger partial charge in [0.1, 0.15) is 11.9 Å². The molecule has 1 aromatic rings. The van der Waals surface area contributed by atoms with E-state index in [1.54, 1.807) is 12.2 Å². The average Bonchev–Trinajstić information content (AvgIpc) is 3.18. The summed E-state index contributed by atoms with van der Waals surface area (Å²) >= 11 is 0. The minimum absolute atomic E-state index is 0.0190. The molecule has 8 atom stereocenters. The standard InChI is InChI=1S/C31H38O9/c1-7-17(2)12-13-30(6)18(3)14-26(35)31-24(28(37-19(4)32)40-29(31)38-20(5)33)15-23(16-25(30)31)39-27(36)21-8-10-22(34)11-9-21/h7-12,15,18,23,25-26,28-29,34-35H,1,13-14,16H2,2-6H3. The summed E-state index contributed by atoms with van der Waals surface area (Å²) in [5.74, 6) is -2.18. The van der Waals surface area contributed by atoms with Crippen LogP contribution in [0.1, 0.15) is 64.2 Å². The Kier molecular flexibility index (Phi) is 8.28. The van der Waals surface area contributed by atoms with Crippen LogP contribution in [0.25, 0.3) is 0 Å². The van der Waals surface area contributed by atoms with Crippen molar-refractivity contribution in [2.24, 2.45) is 22.7 Å². The average molecular weight is 555 g/mol. The summed E-state index contributed by atoms with van der Waals surface area (Å²) < 4.78 is 23.2. The minimum atomic E-state index is -1.24. The van der Waals surface area contributed by atoms with Crippen molar-refractivity contribution in [1.82, 2.24) is 0 Å². The number of esters is 3. The number of aromatic hydroxyl groups is 1. The third kappa shape index (κ3) is 5.20. The summed E-state index contributed by atoms with van der Waals surface area (Å²) in [6.45, 7) is 12.5. The number of phenolic OH excluding ortho intramolecular Hbond substituents is 1. The van der Waals surface area contributed by atoms with E-state index in [1.165, 1.54) is 38.1 Å². The van der Waals surface area contributed by atoms with Crippen molar-refractivity contribution in [2.45, 2.75) is 78.7 Å². The molecule has 216 valence electrons. The Morgan fingerprint density at radius 2 is 1.73 bits per heavy atom. The van der Waals surface area contributed by atoms with E-state index in [2.05, 4.69) is 26.5 Å². The Morgan fingerprint density at radius 3 is 2.33 bits per heavy atom. The zero-order valence-corrected chi connectivity index (χ0v) is 23.6. The van der Waals surface area contributed by atoms with Crippen LogP contribution in [-0.4, -0.2) is 52.9 Å². The molecule has 2 aliphatic carbocycles. The normalized spacial score (nSPS) is 35.0. The van der Waals surface area contributed by atoms with E-state index >= 15 is 0 Å². The maximum atomic E-state index is 13.1. The van der Waals surface area contributed by atoms with Gasteiger partial charge in [0.05, 0.1) is 17.1 Å². The first-order valence-electron chi connectivity index (χ1n) is 13.5. The van der Waals surface area contributed by atoms with Gasteiger partial charge in [0.15, 0.2) is 0 Å². The van der Waals surface area contributed by atoms with Gasteiger partial charge in [-0.25, -0.2) is 4.79 Å². The van der Waals surface area contributed by atoms with Crippen molar-refractivity contribution in [2.75, 3.05) is 0 Å². The first-order chi connectivity index (χ1) is 18.8. The van der Waals surface area contributed by atoms with E-state index in [1.807, 2.05) is 6.92 Å². The van der Waals surface area contributed by atoms with Crippen molar-refractivity contribution in [1.29, 1.82) is 0 Å². The molecular formula is C31H38O9. The highest BCUT2D eigenvalue weighted by Crippen LogP contribution is 2.67. The molecule has 2 N–H and O–H groups in total. The number of rotatable bonds is 7. The molecule has 1 saturated heterocycles. The lowest BCUT2D eigenvalue weighted by Crippen LogP contribution is -2.63. The van der Waals surface area contributed by atoms with Crippen LogP contribution in [-0.2, 0) is 28.5 Å². The smallest absolute Gasteiger partial charge is 0.338 e. The lowest BCUT2D eigenvalue weighted by Gasteiger charge is -2.60. The SMILES string of the molecule is C=CC(C)=CCC1(C)C(C)CC(O)C23C(=CC(OC(=O)c4ccc(O)cc4)CC12)C(OC(C)=O)OC3OC(C)=O. The fourth-order valence-corrected chi connectivity index (χ4v) is 6.67. The number of aliphatic hydroxyl groups excluding tert-OH is 1. The third-order valence-corrected chi connectivity index (χ3v) is 8.94. The molecule has 9 heteroatoms. The number of aliphatic hydroxyl groups is 1. The van der Waals surface area contributed by atoms with Crippen LogP contribution in [0.3, 0.4) is 0 Å². The van der Waals surface area contributed by atoms with Crippen LogP contribution in [0.5, 0.6) is 5.75 Å². The van der Waals surface area contributed by atoms with Crippen LogP contribution in [0, 0.1) is 22.7 Å². The van der Waals surface area contributed by atoms with Crippen LogP contribution in [0.4, 0.5) is 0 Å². The van der Waals surface area contributed by atoms with Gasteiger partial charge in [-0.15, -0.1) is 0 Å². The Balaban J connectivity index is 1.86. The second-order valence-electron chi connectivity index (χ2n) is 11.4. The molecule has 1 saturated carbocycles. The molecule has 1 spiro atoms. The van der Waals surface area contributed by atoms with Gasteiger partial charge < -0.3 is 24.4 Å². The molecule has 0 amide bonds. The number of hydrogen-bond acceptors (Lipinski definition) is 9. The first kappa shape index (κ1) is 29.6. The number of phenols is 1. The quantitative estimate of drug-likeness (QED) is 0.215. The number of hydrogen-bond donors (Lipinski definition) is 2. The van der Waals surface area contributed by atoms with Crippen molar-refractivity contribution < 1.29 is 43.5 Å². The molecule has 8 unspecified atom stereocenters. The molecule has 1 aromatic carbocycles. The van der Waals surface area contributed by atoms with E-state index in [0.29, 0.717) is 24.8 Å². The third-order valence-electron chi connectivity index (χ3n) is 8.94. The lowest BCUT2D eigenvalue weighted by atomic mass is 9.45. The van der Waals surface area contributed by atoms with Crippen LogP contribution in [0.15, 0.2) is 60.2 Å². The molecule has 0 radical (unpaired) electrons. The van der Waals surface area contributed by atoms with Crippen LogP contribution in [0.2, 0.25) is 0 Å². The van der Waals surface area contributed by atoms with Crippen LogP contribution >= 0.6 is 0 Å². The minimum Gasteiger partial charge on any atom is -0.508 e. The van der Waals surface area contributed by atoms with Crippen molar-refractivity contribution in [3.63, 3.8) is 0 Å². The van der Waals surface area contributed by atoms with Gasteiger partial charge in [0, 0.05) is 19.4 Å². The predicted octanol–water partition coefficient (Wildman–Crippen LogP) is 4.59. The summed E-state index contributed by atoms with van der Waals surface area (Å²) in [4.78, 5) is 37.4. The number of carbonyl (C=O) groups excluding carboxylic acids is 3. The van der Waals surface area contributed by atoms with Gasteiger partial charge in [0.25, 0.3) is 0 Å². The zero-order chi connectivity index (χ0) is 29.4. The van der Waals surface area contributed by atoms with Gasteiger partial charge in [0.2, 0.25) is 12.6 Å². The number of ether oxygens (including phenoxy) is 4. The predicted molar refractivity (Wildman–Crippen MR) is 145 cm³/mol. The number of allylic oxidation sites excluding steroid dienone is 3. The Bertz CT molecular complexity index is 1230. The molecule has 0 bridgehead atoms. The largest absolute Gasteiger partial charge is 0.508 e. The molecule has 40 heavy (non-hydrogen) atoms. The van der Waals surface area contributed by atoms with E-state index < -0.39 is 59.4 Å². The summed E-state index contributed by atoms with van der Waals surface area (Å²) in [6.07, 6.45) is 2.62. The topological polar surface area (TPSA) is 129 Å². The van der Waals surface area contributed by atoms with Crippen LogP contribution < -0.4 is 0 Å². The molecule has 1 heterocycles. The van der Waals surface area contributed by atoms with E-state index in [9.17, 15) is 24.6 Å². The molecule has 4 rings (SSSR count). The molecule has 1 aliphatic heterocycles. The summed E-state index contributed by atoms with van der Waals surface area (Å²) in [5, 5.41) is 21.4. The van der Waals surface area contributed by atoms with Crippen molar-refractivity contribution in [3.05, 3.63) is 65.8 Å². The van der Waals surface area contributed by atoms with Gasteiger partial charge in [-0.1, -0.05) is 38.2 Å². The highest BCUT2D eigenvalue weighted by Gasteiger charge is 2.71. The molecular weight excluding hydrogens is 516 g/mol. The Labute approximate surface area is 234 Å². The highest BCUT2D eigenvalue weighted by atomic mass is 16.8. The highest BCUT2D eigenvalue weighted by molar-refractivity contribution is 5.89. The van der Waals surface area contributed by atoms with E-state index in [4.69, 9.17) is 18.9 Å². The monoisotopic (exact) mass is 554 g/mol. The molecule has 2 fully saturated rings. The second kappa shape index (κ2) is 11.2. The number of benzene rings is 1. The molecule has 0 aromatic heterocycles. The van der Waals surface area contributed by atoms with E-state index in [-0.39, 0.29) is 17.2 Å². The summed E-state index contributed by atoms with van der Waals surface area (Å²) in [7, 11) is 0. The van der Waals surface area contributed by atoms with Gasteiger partial charge in [-0.05, 0) is 73.8 Å². The maximum absolute atomic E-state index is 13.1. The van der Waals surface area contributed by atoms with Gasteiger partial charge in [-0.2, -0.15) is 0 Å². The Morgan fingerprint density at radius 1 is 1.07 bits per heavy atom. The fraction of sp³-hybridized carbons (Fsp3) is 0.516. The van der Waals surface area contributed by atoms with E-state index in [0.717, 1.165) is 5.57 Å². The number of carbonyl (C=O) groups is 3. The Hall–Kier alpha value is -3.43. The fourth-order valence-electron chi connectivity index (χ4n) is 6.67. The second-order valence-corrected chi connectivity index (χ2v) is 11.4. The summed E-state index contributed by atoms with van der Waals surface area (Å²) in [5.41, 5.74) is -0.0330. The maximum Gasteiger partial charge on any atom is 0.338 e.